The largest absolute Gasteiger partial charge is 0.353 e. The summed E-state index contributed by atoms with van der Waals surface area (Å²) in [5.74, 6) is 0.338. The highest BCUT2D eigenvalue weighted by Crippen LogP contribution is 2.32. The summed E-state index contributed by atoms with van der Waals surface area (Å²) in [6.07, 6.45) is 7.55. The van der Waals surface area contributed by atoms with E-state index in [1.165, 1.54) is 11.1 Å². The molecule has 0 saturated heterocycles. The van der Waals surface area contributed by atoms with E-state index in [1.807, 2.05) is 13.8 Å². The van der Waals surface area contributed by atoms with Crippen LogP contribution in [0.2, 0.25) is 0 Å². The quantitative estimate of drug-likeness (QED) is 0.554. The van der Waals surface area contributed by atoms with Crippen molar-refractivity contribution in [3.05, 3.63) is 23.3 Å². The summed E-state index contributed by atoms with van der Waals surface area (Å²) in [4.78, 5) is 0. The molecule has 0 radical (unpaired) electrons. The Labute approximate surface area is 129 Å². The Morgan fingerprint density at radius 1 is 1.43 bits per heavy atom. The van der Waals surface area contributed by atoms with Gasteiger partial charge in [-0.1, -0.05) is 30.2 Å². The van der Waals surface area contributed by atoms with Gasteiger partial charge in [-0.05, 0) is 52.9 Å². The molecule has 1 rings (SSSR count). The first-order valence-corrected chi connectivity index (χ1v) is 7.95. The van der Waals surface area contributed by atoms with Crippen molar-refractivity contribution in [1.29, 1.82) is 5.26 Å². The fourth-order valence-corrected chi connectivity index (χ4v) is 2.71. The van der Waals surface area contributed by atoms with Crippen LogP contribution in [0.3, 0.4) is 0 Å². The summed E-state index contributed by atoms with van der Waals surface area (Å²) in [7, 11) is 0. The molecule has 0 aromatic rings. The van der Waals surface area contributed by atoms with Crippen LogP contribution in [0.5, 0.6) is 0 Å². The Bertz CT molecular complexity index is 433. The van der Waals surface area contributed by atoms with Crippen LogP contribution in [0.4, 0.5) is 0 Å². The molecule has 0 amide bonds. The first kappa shape index (κ1) is 17.9. The van der Waals surface area contributed by atoms with E-state index in [1.54, 1.807) is 0 Å². The number of allylic oxidation sites excluding steroid dienone is 3. The molecule has 3 atom stereocenters. The van der Waals surface area contributed by atoms with Crippen LogP contribution in [0, 0.1) is 17.2 Å². The van der Waals surface area contributed by atoms with Crippen molar-refractivity contribution < 1.29 is 9.47 Å². The van der Waals surface area contributed by atoms with E-state index in [0.717, 1.165) is 12.8 Å². The molecule has 0 aromatic carbocycles. The smallest absolute Gasteiger partial charge is 0.161 e. The number of hydrogen-bond acceptors (Lipinski definition) is 3. The standard InChI is InChI=1S/C18H29NO2/c1-6-20-17(5)21-18(13-19)11-10-14(2)8-7-9-15(3)16(4)12-18/h9-10,16-17H,6-8,11-12H2,1-5H3/b14-10+,15-9+/t16-,17?,18?/m1/s1. The van der Waals surface area contributed by atoms with Crippen LogP contribution in [-0.2, 0) is 9.47 Å². The van der Waals surface area contributed by atoms with E-state index < -0.39 is 5.60 Å². The molecule has 3 nitrogen and oxygen atoms in total. The van der Waals surface area contributed by atoms with Gasteiger partial charge in [-0.2, -0.15) is 5.26 Å². The average molecular weight is 291 g/mol. The summed E-state index contributed by atoms with van der Waals surface area (Å²) in [5.41, 5.74) is 1.86. The predicted octanol–water partition coefficient (Wildman–Crippen LogP) is 4.75. The molecule has 0 fully saturated rings. The third-order valence-electron chi connectivity index (χ3n) is 4.20. The monoisotopic (exact) mass is 291 g/mol. The summed E-state index contributed by atoms with van der Waals surface area (Å²) in [6.45, 7) is 10.8. The molecule has 2 unspecified atom stereocenters. The maximum Gasteiger partial charge on any atom is 0.161 e. The zero-order valence-corrected chi connectivity index (χ0v) is 14.1. The molecule has 0 saturated carbocycles. The number of nitriles is 1. The molecular weight excluding hydrogens is 262 g/mol. The molecule has 3 heteroatoms. The maximum absolute atomic E-state index is 9.75. The molecule has 0 N–H and O–H groups in total. The van der Waals surface area contributed by atoms with Crippen LogP contribution in [0.1, 0.15) is 60.3 Å². The SMILES string of the molecule is CCOC(C)OC1(C#N)C/C=C(\C)CC/C=C(\C)[C@H](C)C1. The molecule has 21 heavy (non-hydrogen) atoms. The average Bonchev–Trinajstić information content (AvgIpc) is 2.44. The lowest BCUT2D eigenvalue weighted by molar-refractivity contribution is -0.184. The maximum atomic E-state index is 9.75. The molecule has 0 aliphatic heterocycles. The minimum atomic E-state index is -0.804. The minimum Gasteiger partial charge on any atom is -0.353 e. The van der Waals surface area contributed by atoms with Crippen molar-refractivity contribution in [1.82, 2.24) is 0 Å². The van der Waals surface area contributed by atoms with Gasteiger partial charge in [-0.3, -0.25) is 0 Å². The highest BCUT2D eigenvalue weighted by Gasteiger charge is 2.35. The van der Waals surface area contributed by atoms with Crippen molar-refractivity contribution in [2.75, 3.05) is 6.61 Å². The zero-order chi connectivity index (χ0) is 15.9. The molecule has 0 aromatic heterocycles. The molecule has 1 aliphatic rings. The number of rotatable bonds is 4. The Morgan fingerprint density at radius 2 is 2.14 bits per heavy atom. The van der Waals surface area contributed by atoms with Crippen LogP contribution in [0.15, 0.2) is 23.3 Å². The van der Waals surface area contributed by atoms with Crippen molar-refractivity contribution in [2.24, 2.45) is 5.92 Å². The second-order valence-electron chi connectivity index (χ2n) is 6.09. The normalized spacial score (nSPS) is 34.0. The summed E-state index contributed by atoms with van der Waals surface area (Å²) in [5, 5.41) is 9.75. The Morgan fingerprint density at radius 3 is 2.76 bits per heavy atom. The van der Waals surface area contributed by atoms with Crippen molar-refractivity contribution in [2.45, 2.75) is 72.2 Å². The second kappa shape index (κ2) is 8.36. The fraction of sp³-hybridized carbons (Fsp3) is 0.722. The van der Waals surface area contributed by atoms with Gasteiger partial charge in [0.05, 0.1) is 6.07 Å². The minimum absolute atomic E-state index is 0.338. The lowest BCUT2D eigenvalue weighted by Gasteiger charge is -2.32. The zero-order valence-electron chi connectivity index (χ0n) is 14.1. The van der Waals surface area contributed by atoms with Gasteiger partial charge in [0.25, 0.3) is 0 Å². The first-order chi connectivity index (χ1) is 9.92. The van der Waals surface area contributed by atoms with E-state index in [9.17, 15) is 5.26 Å². The number of ether oxygens (including phenoxy) is 2. The Balaban J connectivity index is 3.00. The van der Waals surface area contributed by atoms with Crippen LogP contribution >= 0.6 is 0 Å². The van der Waals surface area contributed by atoms with Crippen LogP contribution < -0.4 is 0 Å². The first-order valence-electron chi connectivity index (χ1n) is 7.95. The van der Waals surface area contributed by atoms with Gasteiger partial charge >= 0.3 is 0 Å². The summed E-state index contributed by atoms with van der Waals surface area (Å²) >= 11 is 0. The number of hydrogen-bond donors (Lipinski definition) is 0. The second-order valence-corrected chi connectivity index (χ2v) is 6.09. The molecule has 0 bridgehead atoms. The predicted molar refractivity (Wildman–Crippen MR) is 85.7 cm³/mol. The van der Waals surface area contributed by atoms with E-state index in [4.69, 9.17) is 9.47 Å². The third kappa shape index (κ3) is 5.65. The Hall–Kier alpha value is -1.11. The molecule has 118 valence electrons. The van der Waals surface area contributed by atoms with Gasteiger partial charge in [0, 0.05) is 13.0 Å². The van der Waals surface area contributed by atoms with Crippen LogP contribution in [-0.4, -0.2) is 18.5 Å². The third-order valence-corrected chi connectivity index (χ3v) is 4.20. The molecule has 0 spiro atoms. The topological polar surface area (TPSA) is 42.2 Å². The van der Waals surface area contributed by atoms with Gasteiger partial charge in [0.1, 0.15) is 0 Å². The molecule has 1 aliphatic carbocycles. The van der Waals surface area contributed by atoms with Gasteiger partial charge in [-0.15, -0.1) is 0 Å². The lowest BCUT2D eigenvalue weighted by atomic mass is 9.84. The van der Waals surface area contributed by atoms with Gasteiger partial charge in [-0.25, -0.2) is 0 Å². The summed E-state index contributed by atoms with van der Waals surface area (Å²) < 4.78 is 11.5. The van der Waals surface area contributed by atoms with E-state index in [-0.39, 0.29) is 6.29 Å². The van der Waals surface area contributed by atoms with Gasteiger partial charge in [0.2, 0.25) is 0 Å². The number of nitrogens with zero attached hydrogens (tertiary/aromatic N) is 1. The van der Waals surface area contributed by atoms with Crippen molar-refractivity contribution in [3.63, 3.8) is 0 Å². The summed E-state index contributed by atoms with van der Waals surface area (Å²) in [6, 6.07) is 2.42. The molecular formula is C18H29NO2. The van der Waals surface area contributed by atoms with E-state index >= 15 is 0 Å². The van der Waals surface area contributed by atoms with Gasteiger partial charge < -0.3 is 9.47 Å². The van der Waals surface area contributed by atoms with E-state index in [0.29, 0.717) is 25.4 Å². The fourth-order valence-electron chi connectivity index (χ4n) is 2.71. The van der Waals surface area contributed by atoms with Crippen molar-refractivity contribution >= 4 is 0 Å². The van der Waals surface area contributed by atoms with E-state index in [2.05, 4.69) is 39.0 Å². The van der Waals surface area contributed by atoms with Crippen molar-refractivity contribution in [3.8, 4) is 6.07 Å². The highest BCUT2D eigenvalue weighted by atomic mass is 16.7. The Kier molecular flexibility index (Phi) is 7.14. The molecule has 0 heterocycles. The van der Waals surface area contributed by atoms with Gasteiger partial charge in [0.15, 0.2) is 11.9 Å². The lowest BCUT2D eigenvalue weighted by Crippen LogP contribution is -2.37. The van der Waals surface area contributed by atoms with Crippen LogP contribution in [0.25, 0.3) is 0 Å². The highest BCUT2D eigenvalue weighted by molar-refractivity contribution is 5.16.